The van der Waals surface area contributed by atoms with Gasteiger partial charge in [0.05, 0.1) is 12.4 Å². The summed E-state index contributed by atoms with van der Waals surface area (Å²) >= 11 is 0. The molecule has 1 aromatic heterocycles. The van der Waals surface area contributed by atoms with Gasteiger partial charge in [-0.25, -0.2) is 4.98 Å². The van der Waals surface area contributed by atoms with E-state index in [0.29, 0.717) is 0 Å². The molecule has 0 bridgehead atoms. The zero-order chi connectivity index (χ0) is 11.4. The molecule has 1 aliphatic heterocycles. The molecule has 0 saturated carbocycles. The highest BCUT2D eigenvalue weighted by molar-refractivity contribution is 5.83. The Morgan fingerprint density at radius 1 is 1.62 bits per heavy atom. The highest BCUT2D eigenvalue weighted by Crippen LogP contribution is 2.08. The summed E-state index contributed by atoms with van der Waals surface area (Å²) in [6.45, 7) is 2.70. The largest absolute Gasteiger partial charge is 0.344 e. The molecule has 0 aromatic carbocycles. The van der Waals surface area contributed by atoms with Gasteiger partial charge in [-0.3, -0.25) is 4.79 Å². The number of aromatic nitrogens is 2. The Bertz CT molecular complexity index is 336. The average Bonchev–Trinajstić information content (AvgIpc) is 2.88. The minimum Gasteiger partial charge on any atom is -0.344 e. The van der Waals surface area contributed by atoms with Crippen LogP contribution in [0.2, 0.25) is 0 Å². The fourth-order valence-electron chi connectivity index (χ4n) is 1.97. The topological polar surface area (TPSA) is 50.2 Å². The molecule has 5 nitrogen and oxygen atoms in total. The van der Waals surface area contributed by atoms with E-state index in [-0.39, 0.29) is 11.9 Å². The van der Waals surface area contributed by atoms with Gasteiger partial charge in [-0.2, -0.15) is 0 Å². The average molecular weight is 222 g/mol. The Morgan fingerprint density at radius 2 is 2.50 bits per heavy atom. The van der Waals surface area contributed by atoms with Crippen molar-refractivity contribution in [2.75, 3.05) is 20.1 Å². The van der Waals surface area contributed by atoms with Crippen molar-refractivity contribution in [2.45, 2.75) is 25.4 Å². The molecule has 1 saturated heterocycles. The van der Waals surface area contributed by atoms with Crippen LogP contribution in [0, 0.1) is 0 Å². The lowest BCUT2D eigenvalue weighted by atomic mass is 10.2. The fraction of sp³-hybridized carbons (Fsp3) is 0.636. The summed E-state index contributed by atoms with van der Waals surface area (Å²) in [6, 6.07) is 0.0350. The second-order valence-corrected chi connectivity index (χ2v) is 4.21. The molecule has 1 aromatic rings. The monoisotopic (exact) mass is 222 g/mol. The number of nitrogens with one attached hydrogen (secondary N) is 1. The lowest BCUT2D eigenvalue weighted by molar-refractivity contribution is -0.128. The van der Waals surface area contributed by atoms with Crippen molar-refractivity contribution in [3.05, 3.63) is 18.7 Å². The van der Waals surface area contributed by atoms with Gasteiger partial charge in [0.2, 0.25) is 5.91 Å². The van der Waals surface area contributed by atoms with Crippen molar-refractivity contribution in [3.63, 3.8) is 0 Å². The maximum Gasteiger partial charge on any atom is 0.239 e. The molecule has 1 N–H and O–H groups in total. The highest BCUT2D eigenvalue weighted by Gasteiger charge is 2.27. The van der Waals surface area contributed by atoms with Crippen LogP contribution >= 0.6 is 0 Å². The number of likely N-dealkylation sites (N-methyl/N-ethyl adjacent to an activating group) is 1. The minimum atomic E-state index is 0.0350. The Morgan fingerprint density at radius 3 is 3.12 bits per heavy atom. The van der Waals surface area contributed by atoms with Crippen LogP contribution in [0.15, 0.2) is 18.7 Å². The molecule has 1 fully saturated rings. The van der Waals surface area contributed by atoms with Gasteiger partial charge in [0.1, 0.15) is 0 Å². The van der Waals surface area contributed by atoms with Gasteiger partial charge < -0.3 is 14.8 Å². The van der Waals surface area contributed by atoms with Crippen molar-refractivity contribution in [1.29, 1.82) is 0 Å². The molecule has 1 amide bonds. The van der Waals surface area contributed by atoms with Gasteiger partial charge in [-0.1, -0.05) is 0 Å². The maximum atomic E-state index is 11.6. The van der Waals surface area contributed by atoms with Crippen LogP contribution < -0.4 is 5.32 Å². The first kappa shape index (κ1) is 11.1. The van der Waals surface area contributed by atoms with E-state index in [1.165, 1.54) is 0 Å². The number of hydrogen-bond acceptors (Lipinski definition) is 3. The van der Waals surface area contributed by atoms with Gasteiger partial charge in [0.25, 0.3) is 0 Å². The van der Waals surface area contributed by atoms with Crippen molar-refractivity contribution in [3.8, 4) is 0 Å². The van der Waals surface area contributed by atoms with E-state index in [4.69, 9.17) is 0 Å². The molecule has 2 heterocycles. The van der Waals surface area contributed by atoms with Crippen LogP contribution in [0.5, 0.6) is 0 Å². The first-order valence-corrected chi connectivity index (χ1v) is 5.71. The third-order valence-electron chi connectivity index (χ3n) is 2.97. The van der Waals surface area contributed by atoms with E-state index in [9.17, 15) is 4.79 Å². The van der Waals surface area contributed by atoms with E-state index < -0.39 is 0 Å². The van der Waals surface area contributed by atoms with E-state index in [1.807, 2.05) is 24.1 Å². The predicted molar refractivity (Wildman–Crippen MR) is 60.9 cm³/mol. The summed E-state index contributed by atoms with van der Waals surface area (Å²) in [4.78, 5) is 17.3. The Kier molecular flexibility index (Phi) is 3.56. The lowest BCUT2D eigenvalue weighted by Gasteiger charge is -2.12. The zero-order valence-corrected chi connectivity index (χ0v) is 9.59. The molecule has 2 rings (SSSR count). The minimum absolute atomic E-state index is 0.0350. The summed E-state index contributed by atoms with van der Waals surface area (Å²) in [7, 11) is 1.86. The van der Waals surface area contributed by atoms with E-state index in [1.54, 1.807) is 11.1 Å². The van der Waals surface area contributed by atoms with Crippen LogP contribution in [-0.2, 0) is 11.3 Å². The van der Waals surface area contributed by atoms with E-state index >= 15 is 0 Å². The van der Waals surface area contributed by atoms with Gasteiger partial charge in [-0.15, -0.1) is 0 Å². The van der Waals surface area contributed by atoms with Crippen LogP contribution in [0.1, 0.15) is 12.8 Å². The van der Waals surface area contributed by atoms with Gasteiger partial charge in [0, 0.05) is 32.5 Å². The van der Waals surface area contributed by atoms with E-state index in [2.05, 4.69) is 10.3 Å². The molecular weight excluding hydrogens is 204 g/mol. The maximum absolute atomic E-state index is 11.6. The van der Waals surface area contributed by atoms with Crippen molar-refractivity contribution < 1.29 is 4.79 Å². The van der Waals surface area contributed by atoms with Gasteiger partial charge in [-0.05, 0) is 19.4 Å². The molecule has 5 heteroatoms. The summed E-state index contributed by atoms with van der Waals surface area (Å²) in [5.74, 6) is 0.225. The molecule has 1 atom stereocenters. The molecule has 0 spiro atoms. The molecule has 1 aliphatic rings. The SMILES string of the molecule is CN1CCC(NCCCn2ccnc2)C1=O. The third-order valence-corrected chi connectivity index (χ3v) is 2.97. The van der Waals surface area contributed by atoms with Crippen LogP contribution in [0.4, 0.5) is 0 Å². The standard InChI is InChI=1S/C11H18N4O/c1-14-7-3-10(11(14)16)13-4-2-6-15-8-5-12-9-15/h5,8-10,13H,2-4,6-7H2,1H3. The van der Waals surface area contributed by atoms with Gasteiger partial charge >= 0.3 is 0 Å². The third kappa shape index (κ3) is 2.61. The van der Waals surface area contributed by atoms with Crippen molar-refractivity contribution >= 4 is 5.91 Å². The summed E-state index contributed by atoms with van der Waals surface area (Å²) < 4.78 is 2.05. The summed E-state index contributed by atoms with van der Waals surface area (Å²) in [5, 5.41) is 3.30. The fourth-order valence-corrected chi connectivity index (χ4v) is 1.97. The first-order valence-electron chi connectivity index (χ1n) is 5.71. The predicted octanol–water partition coefficient (Wildman–Crippen LogP) is 0.0935. The number of carbonyl (C=O) groups excluding carboxylic acids is 1. The van der Waals surface area contributed by atoms with Crippen molar-refractivity contribution in [1.82, 2.24) is 19.8 Å². The van der Waals surface area contributed by atoms with Gasteiger partial charge in [0.15, 0.2) is 0 Å². The Hall–Kier alpha value is -1.36. The molecular formula is C11H18N4O. The number of imidazole rings is 1. The van der Waals surface area contributed by atoms with Crippen LogP contribution in [0.25, 0.3) is 0 Å². The Balaban J connectivity index is 1.63. The number of hydrogen-bond donors (Lipinski definition) is 1. The highest BCUT2D eigenvalue weighted by atomic mass is 16.2. The molecule has 88 valence electrons. The van der Waals surface area contributed by atoms with Crippen LogP contribution in [0.3, 0.4) is 0 Å². The molecule has 1 unspecified atom stereocenters. The lowest BCUT2D eigenvalue weighted by Crippen LogP contribution is -2.37. The summed E-state index contributed by atoms with van der Waals surface area (Å²) in [6.07, 6.45) is 7.50. The van der Waals surface area contributed by atoms with E-state index in [0.717, 1.165) is 32.5 Å². The number of amides is 1. The van der Waals surface area contributed by atoms with Crippen LogP contribution in [-0.4, -0.2) is 46.5 Å². The number of likely N-dealkylation sites (tertiary alicyclic amines) is 1. The second kappa shape index (κ2) is 5.12. The first-order chi connectivity index (χ1) is 7.77. The zero-order valence-electron chi connectivity index (χ0n) is 9.59. The summed E-state index contributed by atoms with van der Waals surface area (Å²) in [5.41, 5.74) is 0. The molecule has 16 heavy (non-hydrogen) atoms. The van der Waals surface area contributed by atoms with Crippen molar-refractivity contribution in [2.24, 2.45) is 0 Å². The quantitative estimate of drug-likeness (QED) is 0.719. The molecule has 0 radical (unpaired) electrons. The number of rotatable bonds is 5. The molecule has 0 aliphatic carbocycles. The smallest absolute Gasteiger partial charge is 0.239 e. The number of aryl methyl sites for hydroxylation is 1. The number of nitrogens with zero attached hydrogens (tertiary/aromatic N) is 3. The second-order valence-electron chi connectivity index (χ2n) is 4.21. The normalized spacial score (nSPS) is 20.7. The Labute approximate surface area is 95.5 Å². The number of carbonyl (C=O) groups is 1.